The van der Waals surface area contributed by atoms with Gasteiger partial charge in [0.2, 0.25) is 5.91 Å². The topological polar surface area (TPSA) is 58.8 Å². The summed E-state index contributed by atoms with van der Waals surface area (Å²) in [6, 6.07) is 6.19. The number of benzene rings is 1. The van der Waals surface area contributed by atoms with Gasteiger partial charge in [-0.2, -0.15) is 0 Å². The Morgan fingerprint density at radius 1 is 1.29 bits per heavy atom. The standard InChI is InChI=1S/C16H25N3O2/c1-13(20)19-7-3-6-18(8-9-19)12-14-4-5-16(21-2)15(10-14)11-17/h4-5,10H,3,6-9,11-12,17H2,1-2H3. The van der Waals surface area contributed by atoms with Gasteiger partial charge in [-0.05, 0) is 24.1 Å². The first-order chi connectivity index (χ1) is 10.1. The number of rotatable bonds is 4. The zero-order valence-electron chi connectivity index (χ0n) is 13.0. The van der Waals surface area contributed by atoms with Crippen LogP contribution < -0.4 is 10.5 Å². The molecule has 1 aromatic carbocycles. The van der Waals surface area contributed by atoms with Crippen molar-refractivity contribution in [2.45, 2.75) is 26.4 Å². The van der Waals surface area contributed by atoms with E-state index >= 15 is 0 Å². The Balaban J connectivity index is 1.99. The molecule has 0 saturated carbocycles. The summed E-state index contributed by atoms with van der Waals surface area (Å²) in [6.07, 6.45) is 1.03. The first kappa shape index (κ1) is 15.8. The molecule has 0 spiro atoms. The van der Waals surface area contributed by atoms with E-state index < -0.39 is 0 Å². The van der Waals surface area contributed by atoms with Crippen LogP contribution in [-0.4, -0.2) is 49.0 Å². The molecule has 0 bridgehead atoms. The Morgan fingerprint density at radius 2 is 2.10 bits per heavy atom. The fourth-order valence-electron chi connectivity index (χ4n) is 2.79. The van der Waals surface area contributed by atoms with E-state index in [-0.39, 0.29) is 5.91 Å². The number of ether oxygens (including phenoxy) is 1. The molecule has 5 heteroatoms. The van der Waals surface area contributed by atoms with Crippen molar-refractivity contribution in [2.75, 3.05) is 33.3 Å². The van der Waals surface area contributed by atoms with Gasteiger partial charge in [0.1, 0.15) is 5.75 Å². The number of methoxy groups -OCH3 is 1. The van der Waals surface area contributed by atoms with Crippen LogP contribution in [0.5, 0.6) is 5.75 Å². The fourth-order valence-corrected chi connectivity index (χ4v) is 2.79. The van der Waals surface area contributed by atoms with E-state index in [0.717, 1.165) is 50.5 Å². The lowest BCUT2D eigenvalue weighted by molar-refractivity contribution is -0.128. The predicted molar refractivity (Wildman–Crippen MR) is 83.0 cm³/mol. The van der Waals surface area contributed by atoms with Gasteiger partial charge in [0, 0.05) is 51.8 Å². The van der Waals surface area contributed by atoms with Crippen molar-refractivity contribution in [1.82, 2.24) is 9.80 Å². The lowest BCUT2D eigenvalue weighted by Crippen LogP contribution is -2.33. The first-order valence-corrected chi connectivity index (χ1v) is 7.47. The molecule has 1 aromatic rings. The molecule has 1 heterocycles. The van der Waals surface area contributed by atoms with Crippen LogP contribution in [0.2, 0.25) is 0 Å². The molecule has 0 atom stereocenters. The van der Waals surface area contributed by atoms with Crippen LogP contribution in [0.25, 0.3) is 0 Å². The number of nitrogens with two attached hydrogens (primary N) is 1. The Kier molecular flexibility index (Phi) is 5.59. The third-order valence-electron chi connectivity index (χ3n) is 4.00. The molecule has 0 aromatic heterocycles. The average molecular weight is 291 g/mol. The van der Waals surface area contributed by atoms with Gasteiger partial charge in [0.25, 0.3) is 0 Å². The second-order valence-corrected chi connectivity index (χ2v) is 5.49. The molecule has 1 amide bonds. The summed E-state index contributed by atoms with van der Waals surface area (Å²) in [6.45, 7) is 6.64. The van der Waals surface area contributed by atoms with Gasteiger partial charge in [0.15, 0.2) is 0 Å². The normalized spacial score (nSPS) is 16.6. The smallest absolute Gasteiger partial charge is 0.219 e. The molecule has 1 fully saturated rings. The van der Waals surface area contributed by atoms with Crippen LogP contribution in [0.15, 0.2) is 18.2 Å². The van der Waals surface area contributed by atoms with E-state index in [9.17, 15) is 4.79 Å². The Bertz CT molecular complexity index is 490. The average Bonchev–Trinajstić information content (AvgIpc) is 2.72. The third-order valence-corrected chi connectivity index (χ3v) is 4.00. The summed E-state index contributed by atoms with van der Waals surface area (Å²) in [4.78, 5) is 15.8. The van der Waals surface area contributed by atoms with Crippen molar-refractivity contribution in [3.63, 3.8) is 0 Å². The SMILES string of the molecule is COc1ccc(CN2CCCN(C(C)=O)CC2)cc1CN. The number of amides is 1. The highest BCUT2D eigenvalue weighted by Crippen LogP contribution is 2.20. The molecule has 2 rings (SSSR count). The molecule has 0 radical (unpaired) electrons. The predicted octanol–water partition coefficient (Wildman–Crippen LogP) is 1.21. The van der Waals surface area contributed by atoms with Crippen LogP contribution in [0.3, 0.4) is 0 Å². The Morgan fingerprint density at radius 3 is 2.76 bits per heavy atom. The minimum Gasteiger partial charge on any atom is -0.496 e. The lowest BCUT2D eigenvalue weighted by atomic mass is 10.1. The summed E-state index contributed by atoms with van der Waals surface area (Å²) < 4.78 is 5.30. The molecule has 1 aliphatic rings. The van der Waals surface area contributed by atoms with E-state index in [0.29, 0.717) is 6.54 Å². The maximum Gasteiger partial charge on any atom is 0.219 e. The van der Waals surface area contributed by atoms with Crippen molar-refractivity contribution in [1.29, 1.82) is 0 Å². The Hall–Kier alpha value is -1.59. The van der Waals surface area contributed by atoms with Gasteiger partial charge in [-0.3, -0.25) is 9.69 Å². The quantitative estimate of drug-likeness (QED) is 0.906. The fraction of sp³-hybridized carbons (Fsp3) is 0.562. The summed E-state index contributed by atoms with van der Waals surface area (Å²) in [5, 5.41) is 0. The van der Waals surface area contributed by atoms with Gasteiger partial charge in [-0.25, -0.2) is 0 Å². The van der Waals surface area contributed by atoms with Crippen molar-refractivity contribution < 1.29 is 9.53 Å². The van der Waals surface area contributed by atoms with Gasteiger partial charge in [-0.1, -0.05) is 6.07 Å². The van der Waals surface area contributed by atoms with E-state index in [4.69, 9.17) is 10.5 Å². The highest BCUT2D eigenvalue weighted by Gasteiger charge is 2.16. The lowest BCUT2D eigenvalue weighted by Gasteiger charge is -2.21. The van der Waals surface area contributed by atoms with Crippen molar-refractivity contribution in [3.05, 3.63) is 29.3 Å². The molecular weight excluding hydrogens is 266 g/mol. The largest absolute Gasteiger partial charge is 0.496 e. The number of hydrogen-bond donors (Lipinski definition) is 1. The van der Waals surface area contributed by atoms with Crippen molar-refractivity contribution >= 4 is 5.91 Å². The van der Waals surface area contributed by atoms with Gasteiger partial charge < -0.3 is 15.4 Å². The Labute approximate surface area is 126 Å². The van der Waals surface area contributed by atoms with E-state index in [1.54, 1.807) is 14.0 Å². The minimum absolute atomic E-state index is 0.173. The molecule has 0 aliphatic carbocycles. The summed E-state index contributed by atoms with van der Waals surface area (Å²) in [5.41, 5.74) is 8.05. The molecule has 1 aliphatic heterocycles. The van der Waals surface area contributed by atoms with Gasteiger partial charge in [0.05, 0.1) is 7.11 Å². The van der Waals surface area contributed by atoms with Crippen molar-refractivity contribution in [3.8, 4) is 5.75 Å². The van der Waals surface area contributed by atoms with Crippen LogP contribution >= 0.6 is 0 Å². The van der Waals surface area contributed by atoms with Crippen LogP contribution in [0, 0.1) is 0 Å². The summed E-state index contributed by atoms with van der Waals surface area (Å²) in [7, 11) is 1.67. The number of carbonyl (C=O) groups is 1. The first-order valence-electron chi connectivity index (χ1n) is 7.47. The van der Waals surface area contributed by atoms with Gasteiger partial charge in [-0.15, -0.1) is 0 Å². The maximum absolute atomic E-state index is 11.5. The zero-order chi connectivity index (χ0) is 15.2. The summed E-state index contributed by atoms with van der Waals surface area (Å²) >= 11 is 0. The molecule has 1 saturated heterocycles. The number of hydrogen-bond acceptors (Lipinski definition) is 4. The van der Waals surface area contributed by atoms with Crippen LogP contribution in [0.4, 0.5) is 0 Å². The van der Waals surface area contributed by atoms with E-state index in [1.165, 1.54) is 5.56 Å². The van der Waals surface area contributed by atoms with Crippen LogP contribution in [-0.2, 0) is 17.9 Å². The zero-order valence-corrected chi connectivity index (χ0v) is 13.0. The molecule has 116 valence electrons. The van der Waals surface area contributed by atoms with Crippen molar-refractivity contribution in [2.24, 2.45) is 5.73 Å². The highest BCUT2D eigenvalue weighted by molar-refractivity contribution is 5.73. The highest BCUT2D eigenvalue weighted by atomic mass is 16.5. The molecule has 2 N–H and O–H groups in total. The van der Waals surface area contributed by atoms with E-state index in [2.05, 4.69) is 17.0 Å². The van der Waals surface area contributed by atoms with Crippen LogP contribution in [0.1, 0.15) is 24.5 Å². The molecule has 0 unspecified atom stereocenters. The maximum atomic E-state index is 11.5. The summed E-state index contributed by atoms with van der Waals surface area (Å²) in [5.74, 6) is 1.02. The minimum atomic E-state index is 0.173. The van der Waals surface area contributed by atoms with E-state index in [1.807, 2.05) is 11.0 Å². The number of nitrogens with zero attached hydrogens (tertiary/aromatic N) is 2. The monoisotopic (exact) mass is 291 g/mol. The molecule has 5 nitrogen and oxygen atoms in total. The van der Waals surface area contributed by atoms with Gasteiger partial charge >= 0.3 is 0 Å². The second-order valence-electron chi connectivity index (χ2n) is 5.49. The molecule has 21 heavy (non-hydrogen) atoms. The third kappa shape index (κ3) is 4.19. The second kappa shape index (κ2) is 7.43. The number of carbonyl (C=O) groups excluding carboxylic acids is 1. The molecular formula is C16H25N3O2.